The number of carbonyl (C=O) groups excluding carboxylic acids is 1. The first-order valence-electron chi connectivity index (χ1n) is 11.8. The van der Waals surface area contributed by atoms with Crippen LogP contribution in [0.3, 0.4) is 0 Å². The lowest BCUT2D eigenvalue weighted by Crippen LogP contribution is -2.34. The summed E-state index contributed by atoms with van der Waals surface area (Å²) in [5, 5.41) is 9.14. The fourth-order valence-corrected chi connectivity index (χ4v) is 5.32. The number of halogens is 1. The first-order valence-corrected chi connectivity index (χ1v) is 12.2. The van der Waals surface area contributed by atoms with Gasteiger partial charge in [0.15, 0.2) is 5.75 Å². The van der Waals surface area contributed by atoms with Gasteiger partial charge in [-0.3, -0.25) is 9.78 Å². The van der Waals surface area contributed by atoms with E-state index in [0.29, 0.717) is 18.8 Å². The minimum absolute atomic E-state index is 0.122. The molecule has 2 aliphatic rings. The summed E-state index contributed by atoms with van der Waals surface area (Å²) in [4.78, 5) is 26.5. The third kappa shape index (κ3) is 3.96. The molecule has 4 aromatic rings. The molecule has 8 heteroatoms. The highest BCUT2D eigenvalue weighted by atomic mass is 35.5. The zero-order valence-electron chi connectivity index (χ0n) is 19.4. The van der Waals surface area contributed by atoms with Gasteiger partial charge in [-0.2, -0.15) is 0 Å². The van der Waals surface area contributed by atoms with Gasteiger partial charge in [0, 0.05) is 48.4 Å². The molecule has 0 saturated carbocycles. The third-order valence-electron chi connectivity index (χ3n) is 6.90. The molecule has 3 heterocycles. The number of piperidine rings is 1. The summed E-state index contributed by atoms with van der Waals surface area (Å²) in [7, 11) is 0. The average molecular weight is 486 g/mol. The van der Waals surface area contributed by atoms with Gasteiger partial charge >= 0.3 is 0 Å². The van der Waals surface area contributed by atoms with E-state index in [0.717, 1.165) is 64.1 Å². The predicted molar refractivity (Wildman–Crippen MR) is 134 cm³/mol. The number of hydrogen-bond acceptors (Lipinski definition) is 5. The highest BCUT2D eigenvalue weighted by Gasteiger charge is 2.28. The number of para-hydroxylation sites is 1. The van der Waals surface area contributed by atoms with Crippen LogP contribution in [-0.2, 0) is 17.6 Å². The Hall–Kier alpha value is -3.71. The molecule has 0 radical (unpaired) electrons. The molecule has 35 heavy (non-hydrogen) atoms. The molecule has 1 aliphatic heterocycles. The lowest BCUT2D eigenvalue weighted by Gasteiger charge is -2.29. The van der Waals surface area contributed by atoms with Crippen molar-refractivity contribution in [3.63, 3.8) is 0 Å². The SMILES string of the molecule is CC(=O)N1CCC(=C2c3ccc(Cl)cc3CCc3c(On4nnc5ccccc54)ccnc32)CC1. The molecule has 176 valence electrons. The van der Waals surface area contributed by atoms with Crippen molar-refractivity contribution < 1.29 is 9.63 Å². The lowest BCUT2D eigenvalue weighted by molar-refractivity contribution is -0.129. The molecule has 0 spiro atoms. The number of benzene rings is 2. The van der Waals surface area contributed by atoms with Crippen molar-refractivity contribution in [3.8, 4) is 5.75 Å². The Balaban J connectivity index is 1.48. The molecule has 0 N–H and O–H groups in total. The van der Waals surface area contributed by atoms with Crippen molar-refractivity contribution in [2.45, 2.75) is 32.6 Å². The molecule has 0 atom stereocenters. The Morgan fingerprint density at radius 1 is 1.03 bits per heavy atom. The van der Waals surface area contributed by atoms with Crippen LogP contribution in [0.4, 0.5) is 0 Å². The van der Waals surface area contributed by atoms with Crippen LogP contribution in [0.2, 0.25) is 5.02 Å². The molecule has 7 nitrogen and oxygen atoms in total. The molecule has 1 fully saturated rings. The second-order valence-corrected chi connectivity index (χ2v) is 9.40. The van der Waals surface area contributed by atoms with E-state index in [4.69, 9.17) is 21.4 Å². The molecule has 1 aliphatic carbocycles. The standard InChI is InChI=1S/C27H24ClN5O2/c1-17(34)32-14-11-18(12-15-32)26-21-9-7-20(28)16-19(21)6-8-22-25(10-13-29-27(22)26)35-33-24-5-3-2-4-23(24)30-31-33/h2-5,7,9-10,13,16H,6,8,11-12,14-15H2,1H3. The minimum Gasteiger partial charge on any atom is -0.356 e. The van der Waals surface area contributed by atoms with Crippen LogP contribution in [0, 0.1) is 0 Å². The Labute approximate surface area is 207 Å². The summed E-state index contributed by atoms with van der Waals surface area (Å²) in [6.07, 6.45) is 5.00. The van der Waals surface area contributed by atoms with Gasteiger partial charge < -0.3 is 9.74 Å². The van der Waals surface area contributed by atoms with Crippen molar-refractivity contribution in [3.05, 3.63) is 87.7 Å². The topological polar surface area (TPSA) is 73.1 Å². The molecule has 1 amide bonds. The number of rotatable bonds is 2. The van der Waals surface area contributed by atoms with Crippen LogP contribution >= 0.6 is 11.6 Å². The van der Waals surface area contributed by atoms with E-state index in [9.17, 15) is 4.79 Å². The average Bonchev–Trinajstić information content (AvgIpc) is 3.19. The molecule has 2 aromatic carbocycles. The predicted octanol–water partition coefficient (Wildman–Crippen LogP) is 4.86. The fraction of sp³-hybridized carbons (Fsp3) is 0.259. The number of aryl methyl sites for hydroxylation is 1. The van der Waals surface area contributed by atoms with Gasteiger partial charge in [-0.25, -0.2) is 0 Å². The van der Waals surface area contributed by atoms with Crippen LogP contribution in [0.25, 0.3) is 16.6 Å². The monoisotopic (exact) mass is 485 g/mol. The van der Waals surface area contributed by atoms with Gasteiger partial charge in [0.05, 0.1) is 5.69 Å². The van der Waals surface area contributed by atoms with E-state index in [1.807, 2.05) is 41.3 Å². The molecule has 1 saturated heterocycles. The number of fused-ring (bicyclic) bond motifs is 3. The molecular formula is C27H24ClN5O2. The molecule has 6 rings (SSSR count). The fourth-order valence-electron chi connectivity index (χ4n) is 5.12. The molecule has 0 bridgehead atoms. The van der Waals surface area contributed by atoms with Gasteiger partial charge in [-0.05, 0) is 66.3 Å². The van der Waals surface area contributed by atoms with Gasteiger partial charge in [-0.15, -0.1) is 5.10 Å². The number of hydrogen-bond donors (Lipinski definition) is 0. The number of pyridine rings is 1. The zero-order chi connectivity index (χ0) is 23.9. The second-order valence-electron chi connectivity index (χ2n) is 8.96. The quantitative estimate of drug-likeness (QED) is 0.405. The Morgan fingerprint density at radius 2 is 1.86 bits per heavy atom. The van der Waals surface area contributed by atoms with Gasteiger partial charge in [-0.1, -0.05) is 40.2 Å². The third-order valence-corrected chi connectivity index (χ3v) is 7.14. The summed E-state index contributed by atoms with van der Waals surface area (Å²) >= 11 is 6.39. The maximum Gasteiger partial charge on any atom is 0.219 e. The summed E-state index contributed by atoms with van der Waals surface area (Å²) in [6.45, 7) is 3.07. The van der Waals surface area contributed by atoms with Crippen molar-refractivity contribution in [1.82, 2.24) is 25.0 Å². The number of carbonyl (C=O) groups is 1. The van der Waals surface area contributed by atoms with Crippen LogP contribution < -0.4 is 4.84 Å². The summed E-state index contributed by atoms with van der Waals surface area (Å²) in [6, 6.07) is 15.7. The Kier molecular flexibility index (Phi) is 5.49. The van der Waals surface area contributed by atoms with Crippen LogP contribution in [0.1, 0.15) is 42.1 Å². The number of nitrogens with zero attached hydrogens (tertiary/aromatic N) is 5. The summed E-state index contributed by atoms with van der Waals surface area (Å²) in [5.74, 6) is 0.834. The normalized spacial score (nSPS) is 15.5. The van der Waals surface area contributed by atoms with Crippen molar-refractivity contribution in [2.24, 2.45) is 0 Å². The lowest BCUT2D eigenvalue weighted by atomic mass is 9.88. The van der Waals surface area contributed by atoms with Crippen molar-refractivity contribution in [1.29, 1.82) is 0 Å². The Morgan fingerprint density at radius 3 is 2.69 bits per heavy atom. The maximum absolute atomic E-state index is 11.9. The largest absolute Gasteiger partial charge is 0.356 e. The number of aromatic nitrogens is 4. The molecule has 2 aromatic heterocycles. The highest BCUT2D eigenvalue weighted by molar-refractivity contribution is 6.30. The van der Waals surface area contributed by atoms with Crippen molar-refractivity contribution >= 4 is 34.1 Å². The molecule has 0 unspecified atom stereocenters. The first kappa shape index (κ1) is 21.8. The zero-order valence-corrected chi connectivity index (χ0v) is 20.1. The highest BCUT2D eigenvalue weighted by Crippen LogP contribution is 2.41. The van der Waals surface area contributed by atoms with Crippen molar-refractivity contribution in [2.75, 3.05) is 13.1 Å². The number of amides is 1. The second kappa shape index (κ2) is 8.82. The summed E-state index contributed by atoms with van der Waals surface area (Å²) in [5.41, 5.74) is 8.35. The Bertz CT molecular complexity index is 1480. The smallest absolute Gasteiger partial charge is 0.219 e. The van der Waals surface area contributed by atoms with Crippen LogP contribution in [0.5, 0.6) is 5.75 Å². The van der Waals surface area contributed by atoms with Gasteiger partial charge in [0.2, 0.25) is 5.91 Å². The van der Waals surface area contributed by atoms with Crippen LogP contribution in [0.15, 0.2) is 60.3 Å². The minimum atomic E-state index is 0.122. The number of likely N-dealkylation sites (tertiary alicyclic amines) is 1. The van der Waals surface area contributed by atoms with Gasteiger partial charge in [0.25, 0.3) is 0 Å². The van der Waals surface area contributed by atoms with E-state index in [1.165, 1.54) is 16.0 Å². The van der Waals surface area contributed by atoms with E-state index in [1.54, 1.807) is 13.1 Å². The maximum atomic E-state index is 11.9. The van der Waals surface area contributed by atoms with E-state index in [-0.39, 0.29) is 5.91 Å². The first-order chi connectivity index (χ1) is 17.1. The summed E-state index contributed by atoms with van der Waals surface area (Å²) < 4.78 is 0. The van der Waals surface area contributed by atoms with Crippen LogP contribution in [-0.4, -0.2) is 44.0 Å². The van der Waals surface area contributed by atoms with E-state index < -0.39 is 0 Å². The van der Waals surface area contributed by atoms with E-state index >= 15 is 0 Å². The molecular weight excluding hydrogens is 462 g/mol. The van der Waals surface area contributed by atoms with E-state index in [2.05, 4.69) is 22.4 Å². The van der Waals surface area contributed by atoms with Gasteiger partial charge in [0.1, 0.15) is 11.0 Å².